The summed E-state index contributed by atoms with van der Waals surface area (Å²) in [6.45, 7) is 1.84. The Morgan fingerprint density at radius 1 is 1.06 bits per heavy atom. The summed E-state index contributed by atoms with van der Waals surface area (Å²) >= 11 is 6.14. The first-order chi connectivity index (χ1) is 15.1. The van der Waals surface area contributed by atoms with Gasteiger partial charge >= 0.3 is 0 Å². The maximum Gasteiger partial charge on any atom is 0.271 e. The molecule has 0 saturated heterocycles. The van der Waals surface area contributed by atoms with Crippen LogP contribution >= 0.6 is 11.6 Å². The Balaban J connectivity index is 1.89. The average molecular weight is 476 g/mol. The van der Waals surface area contributed by atoms with E-state index in [2.05, 4.69) is 10.0 Å². The van der Waals surface area contributed by atoms with E-state index in [9.17, 15) is 23.3 Å². The van der Waals surface area contributed by atoms with Crippen molar-refractivity contribution in [3.8, 4) is 5.75 Å². The molecule has 0 heterocycles. The van der Waals surface area contributed by atoms with Crippen molar-refractivity contribution in [1.82, 2.24) is 0 Å². The van der Waals surface area contributed by atoms with Gasteiger partial charge in [0.05, 0.1) is 33.2 Å². The zero-order valence-electron chi connectivity index (χ0n) is 17.0. The fraction of sp³-hybridized carbons (Fsp3) is 0.0952. The van der Waals surface area contributed by atoms with Crippen LogP contribution in [0.15, 0.2) is 65.6 Å². The number of nitrogens with one attached hydrogen (secondary N) is 2. The van der Waals surface area contributed by atoms with E-state index < -0.39 is 20.9 Å². The molecule has 166 valence electrons. The summed E-state index contributed by atoms with van der Waals surface area (Å²) in [5.41, 5.74) is 0.807. The third-order valence-electron chi connectivity index (χ3n) is 4.44. The van der Waals surface area contributed by atoms with E-state index in [1.54, 1.807) is 12.1 Å². The third-order valence-corrected chi connectivity index (χ3v) is 6.16. The van der Waals surface area contributed by atoms with Crippen LogP contribution in [-0.2, 0) is 10.0 Å². The summed E-state index contributed by atoms with van der Waals surface area (Å²) in [7, 11) is -2.54. The summed E-state index contributed by atoms with van der Waals surface area (Å²) < 4.78 is 32.8. The lowest BCUT2D eigenvalue weighted by Gasteiger charge is -2.13. The van der Waals surface area contributed by atoms with Crippen LogP contribution < -0.4 is 14.8 Å². The number of nitro benzene ring substituents is 1. The Morgan fingerprint density at radius 2 is 1.75 bits per heavy atom. The largest absolute Gasteiger partial charge is 0.495 e. The molecule has 11 heteroatoms. The molecule has 0 aromatic heterocycles. The number of carbonyl (C=O) groups is 1. The highest BCUT2D eigenvalue weighted by molar-refractivity contribution is 7.92. The Kier molecular flexibility index (Phi) is 6.66. The van der Waals surface area contributed by atoms with Gasteiger partial charge in [-0.2, -0.15) is 0 Å². The Hall–Kier alpha value is -3.63. The van der Waals surface area contributed by atoms with Gasteiger partial charge in [-0.1, -0.05) is 29.3 Å². The number of nitrogens with zero attached hydrogens (tertiary/aromatic N) is 1. The number of anilines is 2. The molecule has 1 amide bonds. The molecule has 0 spiro atoms. The topological polar surface area (TPSA) is 128 Å². The number of methoxy groups -OCH3 is 1. The summed E-state index contributed by atoms with van der Waals surface area (Å²) in [4.78, 5) is 23.3. The SMILES string of the molecule is COc1ccc([N+](=O)[O-])cc1NC(=O)c1cc(NS(=O)(=O)c2ccc(C)cc2)ccc1Cl. The van der Waals surface area contributed by atoms with Crippen molar-refractivity contribution in [2.75, 3.05) is 17.1 Å². The minimum absolute atomic E-state index is 0.0377. The molecule has 2 N–H and O–H groups in total. The van der Waals surface area contributed by atoms with Gasteiger partial charge in [0.1, 0.15) is 5.75 Å². The predicted octanol–water partition coefficient (Wildman–Crippen LogP) is 4.62. The zero-order chi connectivity index (χ0) is 23.5. The number of halogens is 1. The number of aryl methyl sites for hydroxylation is 1. The van der Waals surface area contributed by atoms with E-state index in [4.69, 9.17) is 16.3 Å². The zero-order valence-corrected chi connectivity index (χ0v) is 18.5. The first-order valence-electron chi connectivity index (χ1n) is 9.13. The highest BCUT2D eigenvalue weighted by Crippen LogP contribution is 2.30. The van der Waals surface area contributed by atoms with Crippen molar-refractivity contribution in [2.45, 2.75) is 11.8 Å². The Bertz CT molecular complexity index is 1290. The average Bonchev–Trinajstić information content (AvgIpc) is 2.75. The number of ether oxygens (including phenoxy) is 1. The van der Waals surface area contributed by atoms with E-state index in [1.807, 2.05) is 6.92 Å². The van der Waals surface area contributed by atoms with E-state index in [1.165, 1.54) is 49.6 Å². The second-order valence-electron chi connectivity index (χ2n) is 6.71. The van der Waals surface area contributed by atoms with Crippen LogP contribution in [0.4, 0.5) is 17.1 Å². The van der Waals surface area contributed by atoms with Crippen molar-refractivity contribution in [1.29, 1.82) is 0 Å². The maximum atomic E-state index is 12.8. The van der Waals surface area contributed by atoms with Crippen molar-refractivity contribution < 1.29 is 22.9 Å². The maximum absolute atomic E-state index is 12.8. The second-order valence-corrected chi connectivity index (χ2v) is 8.80. The first kappa shape index (κ1) is 23.0. The third kappa shape index (κ3) is 5.16. The van der Waals surface area contributed by atoms with E-state index in [0.717, 1.165) is 11.6 Å². The van der Waals surface area contributed by atoms with E-state index >= 15 is 0 Å². The molecule has 3 aromatic rings. The van der Waals surface area contributed by atoms with Gasteiger partial charge < -0.3 is 10.1 Å². The normalized spacial score (nSPS) is 11.0. The summed E-state index contributed by atoms with van der Waals surface area (Å²) in [5.74, 6) is -0.499. The monoisotopic (exact) mass is 475 g/mol. The fourth-order valence-electron chi connectivity index (χ4n) is 2.79. The lowest BCUT2D eigenvalue weighted by Crippen LogP contribution is -2.16. The van der Waals surface area contributed by atoms with Crippen molar-refractivity contribution in [3.63, 3.8) is 0 Å². The van der Waals surface area contributed by atoms with E-state index in [-0.39, 0.29) is 38.3 Å². The van der Waals surface area contributed by atoms with Gasteiger partial charge in [-0.3, -0.25) is 19.6 Å². The van der Waals surface area contributed by atoms with Crippen LogP contribution in [0.25, 0.3) is 0 Å². The second kappa shape index (κ2) is 9.25. The van der Waals surface area contributed by atoms with Gasteiger partial charge in [0, 0.05) is 17.8 Å². The number of hydrogen-bond donors (Lipinski definition) is 2. The van der Waals surface area contributed by atoms with Crippen LogP contribution in [-0.4, -0.2) is 26.4 Å². The van der Waals surface area contributed by atoms with Gasteiger partial charge in [0.25, 0.3) is 21.6 Å². The minimum Gasteiger partial charge on any atom is -0.495 e. The van der Waals surface area contributed by atoms with Gasteiger partial charge in [-0.05, 0) is 43.3 Å². The van der Waals surface area contributed by atoms with Crippen LogP contribution in [0.3, 0.4) is 0 Å². The van der Waals surface area contributed by atoms with Gasteiger partial charge in [0.15, 0.2) is 0 Å². The van der Waals surface area contributed by atoms with Crippen LogP contribution in [0.1, 0.15) is 15.9 Å². The molecule has 32 heavy (non-hydrogen) atoms. The quantitative estimate of drug-likeness (QED) is 0.379. The molecule has 0 radical (unpaired) electrons. The number of nitro groups is 1. The lowest BCUT2D eigenvalue weighted by molar-refractivity contribution is -0.384. The molecule has 0 bridgehead atoms. The highest BCUT2D eigenvalue weighted by Gasteiger charge is 2.19. The molecule has 0 saturated carbocycles. The van der Waals surface area contributed by atoms with E-state index in [0.29, 0.717) is 0 Å². The molecule has 9 nitrogen and oxygen atoms in total. The standard InChI is InChI=1S/C21H18ClN3O6S/c1-13-3-7-16(8-4-13)32(29,30)24-14-5-9-18(22)17(11-14)21(26)23-19-12-15(25(27)28)6-10-20(19)31-2/h3-12,24H,1-2H3,(H,23,26). The van der Waals surface area contributed by atoms with Crippen LogP contribution in [0.2, 0.25) is 5.02 Å². The Labute approximate surface area is 189 Å². The molecular weight excluding hydrogens is 458 g/mol. The number of sulfonamides is 1. The minimum atomic E-state index is -3.89. The molecule has 0 atom stereocenters. The molecule has 3 rings (SSSR count). The fourth-order valence-corrected chi connectivity index (χ4v) is 4.04. The molecule has 0 aliphatic rings. The molecule has 0 unspecified atom stereocenters. The van der Waals surface area contributed by atoms with Gasteiger partial charge in [-0.25, -0.2) is 8.42 Å². The highest BCUT2D eigenvalue weighted by atomic mass is 35.5. The number of amides is 1. The summed E-state index contributed by atoms with van der Waals surface area (Å²) in [6.07, 6.45) is 0. The van der Waals surface area contributed by atoms with Gasteiger partial charge in [-0.15, -0.1) is 0 Å². The molecule has 0 fully saturated rings. The van der Waals surface area contributed by atoms with Crippen molar-refractivity contribution in [2.24, 2.45) is 0 Å². The Morgan fingerprint density at radius 3 is 2.38 bits per heavy atom. The van der Waals surface area contributed by atoms with Crippen LogP contribution in [0, 0.1) is 17.0 Å². The number of benzene rings is 3. The number of hydrogen-bond acceptors (Lipinski definition) is 6. The molecule has 0 aliphatic heterocycles. The molecular formula is C21H18ClN3O6S. The van der Waals surface area contributed by atoms with Crippen molar-refractivity contribution in [3.05, 3.63) is 86.9 Å². The summed E-state index contributed by atoms with van der Waals surface area (Å²) in [6, 6.07) is 14.1. The molecule has 3 aromatic carbocycles. The lowest BCUT2D eigenvalue weighted by atomic mass is 10.1. The predicted molar refractivity (Wildman–Crippen MR) is 121 cm³/mol. The summed E-state index contributed by atoms with van der Waals surface area (Å²) in [5, 5.41) is 13.6. The number of carbonyl (C=O) groups excluding carboxylic acids is 1. The number of rotatable bonds is 7. The molecule has 0 aliphatic carbocycles. The number of non-ortho nitro benzene ring substituents is 1. The van der Waals surface area contributed by atoms with Crippen molar-refractivity contribution >= 4 is 44.6 Å². The van der Waals surface area contributed by atoms with Gasteiger partial charge in [0.2, 0.25) is 0 Å². The van der Waals surface area contributed by atoms with Crippen LogP contribution in [0.5, 0.6) is 5.75 Å². The first-order valence-corrected chi connectivity index (χ1v) is 11.0. The smallest absolute Gasteiger partial charge is 0.271 e.